The van der Waals surface area contributed by atoms with Gasteiger partial charge in [0.15, 0.2) is 0 Å². The summed E-state index contributed by atoms with van der Waals surface area (Å²) in [4.78, 5) is 14.3. The molecule has 1 aromatic heterocycles. The number of carbonyl (C=O) groups is 1. The van der Waals surface area contributed by atoms with E-state index < -0.39 is 0 Å². The molecule has 1 aliphatic heterocycles. The second kappa shape index (κ2) is 6.19. The first-order valence-corrected chi connectivity index (χ1v) is 7.07. The number of hydrogen-bond donors (Lipinski definition) is 2. The van der Waals surface area contributed by atoms with Crippen LogP contribution in [0.4, 0.5) is 0 Å². The van der Waals surface area contributed by atoms with Crippen LogP contribution in [-0.2, 0) is 0 Å². The number of nitrogens with one attached hydrogen (secondary N) is 2. The molecular weight excluding hydrogens is 240 g/mol. The highest BCUT2D eigenvalue weighted by atomic mass is 16.1. The number of aromatic amines is 1. The van der Waals surface area contributed by atoms with E-state index in [-0.39, 0.29) is 5.91 Å². The lowest BCUT2D eigenvalue weighted by Crippen LogP contribution is -2.42. The minimum atomic E-state index is -0.0949. The molecule has 2 heterocycles. The summed E-state index contributed by atoms with van der Waals surface area (Å²) >= 11 is 0. The molecule has 1 aromatic rings. The third-order valence-corrected chi connectivity index (χ3v) is 3.60. The number of aromatic nitrogens is 2. The van der Waals surface area contributed by atoms with Crippen LogP contribution in [0.2, 0.25) is 0 Å². The summed E-state index contributed by atoms with van der Waals surface area (Å²) in [5, 5.41) is 9.66. The summed E-state index contributed by atoms with van der Waals surface area (Å²) in [5.74, 6) is 1.42. The van der Waals surface area contributed by atoms with Gasteiger partial charge < -0.3 is 10.2 Å². The molecule has 5 heteroatoms. The summed E-state index contributed by atoms with van der Waals surface area (Å²) in [6.45, 7) is 10.4. The Bertz CT molecular complexity index is 419. The fourth-order valence-electron chi connectivity index (χ4n) is 2.93. The first kappa shape index (κ1) is 14.1. The molecule has 2 rings (SSSR count). The lowest BCUT2D eigenvalue weighted by molar-refractivity contribution is 0.0931. The third-order valence-electron chi connectivity index (χ3n) is 3.60. The van der Waals surface area contributed by atoms with Gasteiger partial charge >= 0.3 is 0 Å². The molecule has 0 aromatic carbocycles. The molecule has 0 spiro atoms. The SMILES string of the molecule is Cc1cc(C(=O)NCCN2CC(C)CC(C)C2)n[nH]1. The zero-order valence-electron chi connectivity index (χ0n) is 12.1. The summed E-state index contributed by atoms with van der Waals surface area (Å²) in [7, 11) is 0. The molecule has 19 heavy (non-hydrogen) atoms. The Morgan fingerprint density at radius 2 is 2.16 bits per heavy atom. The topological polar surface area (TPSA) is 61.0 Å². The molecule has 0 saturated carbocycles. The van der Waals surface area contributed by atoms with Crippen molar-refractivity contribution in [2.75, 3.05) is 26.2 Å². The second-order valence-corrected chi connectivity index (χ2v) is 5.90. The van der Waals surface area contributed by atoms with Crippen molar-refractivity contribution in [1.82, 2.24) is 20.4 Å². The fourth-order valence-corrected chi connectivity index (χ4v) is 2.93. The molecule has 5 nitrogen and oxygen atoms in total. The second-order valence-electron chi connectivity index (χ2n) is 5.90. The van der Waals surface area contributed by atoms with E-state index in [0.29, 0.717) is 12.2 Å². The average Bonchev–Trinajstić information content (AvgIpc) is 2.74. The van der Waals surface area contributed by atoms with E-state index in [0.717, 1.165) is 37.2 Å². The highest BCUT2D eigenvalue weighted by Crippen LogP contribution is 2.20. The van der Waals surface area contributed by atoms with Gasteiger partial charge in [-0.3, -0.25) is 9.89 Å². The van der Waals surface area contributed by atoms with Crippen molar-refractivity contribution in [3.63, 3.8) is 0 Å². The summed E-state index contributed by atoms with van der Waals surface area (Å²) in [6.07, 6.45) is 1.31. The molecule has 2 unspecified atom stereocenters. The molecule has 1 saturated heterocycles. The van der Waals surface area contributed by atoms with Crippen molar-refractivity contribution in [2.24, 2.45) is 11.8 Å². The minimum absolute atomic E-state index is 0.0949. The van der Waals surface area contributed by atoms with Crippen LogP contribution in [0, 0.1) is 18.8 Å². The van der Waals surface area contributed by atoms with Gasteiger partial charge in [-0.1, -0.05) is 13.8 Å². The van der Waals surface area contributed by atoms with Gasteiger partial charge in [0.2, 0.25) is 0 Å². The van der Waals surface area contributed by atoms with E-state index in [9.17, 15) is 4.79 Å². The Hall–Kier alpha value is -1.36. The standard InChI is InChI=1S/C14H24N4O/c1-10-6-11(2)9-18(8-10)5-4-15-14(19)13-7-12(3)16-17-13/h7,10-11H,4-6,8-9H2,1-3H3,(H,15,19)(H,16,17). The Balaban J connectivity index is 1.73. The van der Waals surface area contributed by atoms with Gasteiger partial charge in [-0.15, -0.1) is 0 Å². The highest BCUT2D eigenvalue weighted by molar-refractivity contribution is 5.92. The predicted molar refractivity (Wildman–Crippen MR) is 75.0 cm³/mol. The molecular formula is C14H24N4O. The molecule has 2 N–H and O–H groups in total. The smallest absolute Gasteiger partial charge is 0.271 e. The minimum Gasteiger partial charge on any atom is -0.349 e. The molecule has 1 fully saturated rings. The van der Waals surface area contributed by atoms with Crippen molar-refractivity contribution in [2.45, 2.75) is 27.2 Å². The van der Waals surface area contributed by atoms with Crippen molar-refractivity contribution < 1.29 is 4.79 Å². The van der Waals surface area contributed by atoms with Crippen LogP contribution < -0.4 is 5.32 Å². The van der Waals surface area contributed by atoms with Crippen LogP contribution >= 0.6 is 0 Å². The van der Waals surface area contributed by atoms with Crippen LogP contribution in [0.15, 0.2) is 6.07 Å². The Morgan fingerprint density at radius 1 is 1.47 bits per heavy atom. The normalized spacial score (nSPS) is 24.4. The number of H-pyrrole nitrogens is 1. The van der Waals surface area contributed by atoms with E-state index in [1.807, 2.05) is 6.92 Å². The van der Waals surface area contributed by atoms with Crippen molar-refractivity contribution in [3.8, 4) is 0 Å². The molecule has 1 amide bonds. The molecule has 1 aliphatic rings. The summed E-state index contributed by atoms with van der Waals surface area (Å²) in [5.41, 5.74) is 1.38. The number of nitrogens with zero attached hydrogens (tertiary/aromatic N) is 2. The van der Waals surface area contributed by atoms with Gasteiger partial charge in [0, 0.05) is 31.9 Å². The Morgan fingerprint density at radius 3 is 2.74 bits per heavy atom. The quantitative estimate of drug-likeness (QED) is 0.864. The number of aryl methyl sites for hydroxylation is 1. The molecule has 0 aliphatic carbocycles. The van der Waals surface area contributed by atoms with Crippen LogP contribution in [0.5, 0.6) is 0 Å². The van der Waals surface area contributed by atoms with E-state index in [1.54, 1.807) is 6.07 Å². The van der Waals surface area contributed by atoms with Crippen LogP contribution in [0.25, 0.3) is 0 Å². The van der Waals surface area contributed by atoms with Crippen LogP contribution in [-0.4, -0.2) is 47.2 Å². The largest absolute Gasteiger partial charge is 0.349 e. The van der Waals surface area contributed by atoms with Crippen molar-refractivity contribution in [3.05, 3.63) is 17.5 Å². The molecule has 0 bridgehead atoms. The van der Waals surface area contributed by atoms with E-state index in [2.05, 4.69) is 34.3 Å². The molecule has 106 valence electrons. The van der Waals surface area contributed by atoms with E-state index in [1.165, 1.54) is 6.42 Å². The van der Waals surface area contributed by atoms with Gasteiger partial charge in [-0.2, -0.15) is 5.10 Å². The number of amides is 1. The zero-order valence-corrected chi connectivity index (χ0v) is 12.1. The van der Waals surface area contributed by atoms with E-state index >= 15 is 0 Å². The Labute approximate surface area is 114 Å². The number of rotatable bonds is 4. The van der Waals surface area contributed by atoms with Crippen molar-refractivity contribution >= 4 is 5.91 Å². The van der Waals surface area contributed by atoms with E-state index in [4.69, 9.17) is 0 Å². The summed E-state index contributed by atoms with van der Waals surface area (Å²) in [6, 6.07) is 1.76. The maximum absolute atomic E-state index is 11.8. The number of carbonyl (C=O) groups excluding carboxylic acids is 1. The van der Waals surface area contributed by atoms with Gasteiger partial charge in [0.25, 0.3) is 5.91 Å². The highest BCUT2D eigenvalue weighted by Gasteiger charge is 2.21. The van der Waals surface area contributed by atoms with Gasteiger partial charge in [0.1, 0.15) is 5.69 Å². The first-order chi connectivity index (χ1) is 9.04. The number of piperidine rings is 1. The fraction of sp³-hybridized carbons (Fsp3) is 0.714. The molecule has 2 atom stereocenters. The number of hydrogen-bond acceptors (Lipinski definition) is 3. The predicted octanol–water partition coefficient (Wildman–Crippen LogP) is 1.43. The van der Waals surface area contributed by atoms with Gasteiger partial charge in [0.05, 0.1) is 0 Å². The van der Waals surface area contributed by atoms with Crippen LogP contribution in [0.1, 0.15) is 36.5 Å². The third kappa shape index (κ3) is 4.06. The lowest BCUT2D eigenvalue weighted by atomic mass is 9.92. The van der Waals surface area contributed by atoms with Gasteiger partial charge in [-0.25, -0.2) is 0 Å². The zero-order chi connectivity index (χ0) is 13.8. The monoisotopic (exact) mass is 264 g/mol. The number of likely N-dealkylation sites (tertiary alicyclic amines) is 1. The maximum Gasteiger partial charge on any atom is 0.271 e. The lowest BCUT2D eigenvalue weighted by Gasteiger charge is -2.34. The van der Waals surface area contributed by atoms with Crippen molar-refractivity contribution in [1.29, 1.82) is 0 Å². The van der Waals surface area contributed by atoms with Crippen LogP contribution in [0.3, 0.4) is 0 Å². The summed E-state index contributed by atoms with van der Waals surface area (Å²) < 4.78 is 0. The average molecular weight is 264 g/mol. The van der Waals surface area contributed by atoms with Gasteiger partial charge in [-0.05, 0) is 31.2 Å². The maximum atomic E-state index is 11.8. The Kier molecular flexibility index (Phi) is 4.58. The first-order valence-electron chi connectivity index (χ1n) is 7.07. The molecule has 0 radical (unpaired) electrons.